The number of likely N-dealkylation sites (N-methyl/N-ethyl adjacent to an activating group) is 1. The van der Waals surface area contributed by atoms with Crippen LogP contribution < -0.4 is 0 Å². The molecule has 1 aromatic carbocycles. The Morgan fingerprint density at radius 3 is 2.68 bits per heavy atom. The minimum atomic E-state index is -0.899. The Labute approximate surface area is 179 Å². The van der Waals surface area contributed by atoms with Crippen molar-refractivity contribution in [2.75, 3.05) is 27.2 Å². The molecule has 4 rings (SSSR count). The summed E-state index contributed by atoms with van der Waals surface area (Å²) in [5.74, 6) is -2.32. The lowest BCUT2D eigenvalue weighted by molar-refractivity contribution is -0.140. The van der Waals surface area contributed by atoms with Gasteiger partial charge in [-0.25, -0.2) is 9.37 Å². The minimum Gasteiger partial charge on any atom is -0.505 e. The van der Waals surface area contributed by atoms with Crippen molar-refractivity contribution in [2.24, 2.45) is 0 Å². The Bertz CT molecular complexity index is 1210. The Morgan fingerprint density at radius 2 is 1.97 bits per heavy atom. The number of nitrogens with zero attached hydrogens (tertiary/aromatic N) is 4. The van der Waals surface area contributed by atoms with E-state index in [1.54, 1.807) is 35.7 Å². The molecule has 7 nitrogen and oxygen atoms in total. The van der Waals surface area contributed by atoms with Gasteiger partial charge in [-0.05, 0) is 50.8 Å². The molecule has 0 spiro atoms. The number of aryl methyl sites for hydroxylation is 1. The first-order valence-electron chi connectivity index (χ1n) is 9.92. The van der Waals surface area contributed by atoms with Crippen LogP contribution in [0.3, 0.4) is 0 Å². The largest absolute Gasteiger partial charge is 0.505 e. The van der Waals surface area contributed by atoms with E-state index >= 15 is 0 Å². The topological polar surface area (TPSA) is 78.1 Å². The van der Waals surface area contributed by atoms with E-state index in [1.807, 2.05) is 25.1 Å². The zero-order chi connectivity index (χ0) is 22.3. The van der Waals surface area contributed by atoms with Gasteiger partial charge in [0.25, 0.3) is 11.7 Å². The fourth-order valence-electron chi connectivity index (χ4n) is 3.97. The number of amides is 1. The van der Waals surface area contributed by atoms with Crippen LogP contribution in [0.25, 0.3) is 11.4 Å². The molecular weight excluding hydrogens is 399 g/mol. The fraction of sp³-hybridized carbons (Fsp3) is 0.261. The third-order valence-electron chi connectivity index (χ3n) is 5.42. The molecule has 0 unspecified atom stereocenters. The molecule has 0 bridgehead atoms. The SMILES string of the molecule is Cc1nc2ccccn2c1C(O)=C1C(=O)C(=O)N(CCN(C)C)[C@@H]1c1cccc(F)c1. The van der Waals surface area contributed by atoms with Crippen molar-refractivity contribution in [1.82, 2.24) is 19.2 Å². The number of carbonyl (C=O) groups excluding carboxylic acids is 2. The zero-order valence-electron chi connectivity index (χ0n) is 17.5. The van der Waals surface area contributed by atoms with Gasteiger partial charge < -0.3 is 14.9 Å². The lowest BCUT2D eigenvalue weighted by Gasteiger charge is -2.26. The fourth-order valence-corrected chi connectivity index (χ4v) is 3.97. The number of aromatic nitrogens is 2. The molecule has 1 saturated heterocycles. The maximum absolute atomic E-state index is 14.0. The second-order valence-corrected chi connectivity index (χ2v) is 7.83. The van der Waals surface area contributed by atoms with Crippen LogP contribution in [0, 0.1) is 12.7 Å². The van der Waals surface area contributed by atoms with Crippen molar-refractivity contribution in [3.05, 3.63) is 77.0 Å². The van der Waals surface area contributed by atoms with Crippen molar-refractivity contribution < 1.29 is 19.1 Å². The number of imidazole rings is 1. The van der Waals surface area contributed by atoms with Gasteiger partial charge in [0.05, 0.1) is 17.3 Å². The number of rotatable bonds is 5. The highest BCUT2D eigenvalue weighted by atomic mass is 19.1. The van der Waals surface area contributed by atoms with E-state index in [4.69, 9.17) is 0 Å². The summed E-state index contributed by atoms with van der Waals surface area (Å²) in [6, 6.07) is 10.2. The van der Waals surface area contributed by atoms with Crippen LogP contribution in [0.5, 0.6) is 0 Å². The summed E-state index contributed by atoms with van der Waals surface area (Å²) in [5, 5.41) is 11.3. The number of pyridine rings is 1. The first-order chi connectivity index (χ1) is 14.8. The van der Waals surface area contributed by atoms with Crippen LogP contribution in [-0.2, 0) is 9.59 Å². The molecule has 2 aromatic heterocycles. The predicted molar refractivity (Wildman–Crippen MR) is 114 cm³/mol. The average molecular weight is 422 g/mol. The first kappa shape index (κ1) is 20.7. The van der Waals surface area contributed by atoms with Gasteiger partial charge in [-0.1, -0.05) is 18.2 Å². The summed E-state index contributed by atoms with van der Waals surface area (Å²) >= 11 is 0. The van der Waals surface area contributed by atoms with Gasteiger partial charge in [0, 0.05) is 19.3 Å². The molecule has 1 fully saturated rings. The molecule has 3 heterocycles. The van der Waals surface area contributed by atoms with E-state index in [0.717, 1.165) is 0 Å². The number of ketones is 1. The summed E-state index contributed by atoms with van der Waals surface area (Å²) in [5.41, 5.74) is 1.81. The maximum atomic E-state index is 14.0. The Kier molecular flexibility index (Phi) is 5.32. The van der Waals surface area contributed by atoms with Gasteiger partial charge in [0.1, 0.15) is 17.2 Å². The van der Waals surface area contributed by atoms with Crippen molar-refractivity contribution >= 4 is 23.1 Å². The zero-order valence-corrected chi connectivity index (χ0v) is 17.5. The lowest BCUT2D eigenvalue weighted by Crippen LogP contribution is -2.35. The van der Waals surface area contributed by atoms with Crippen molar-refractivity contribution in [1.29, 1.82) is 0 Å². The number of hydrogen-bond acceptors (Lipinski definition) is 5. The monoisotopic (exact) mass is 422 g/mol. The van der Waals surface area contributed by atoms with Gasteiger partial charge >= 0.3 is 0 Å². The quantitative estimate of drug-likeness (QED) is 0.389. The van der Waals surface area contributed by atoms with E-state index in [0.29, 0.717) is 29.1 Å². The lowest BCUT2D eigenvalue weighted by atomic mass is 9.96. The second kappa shape index (κ2) is 7.96. The minimum absolute atomic E-state index is 0.0666. The van der Waals surface area contributed by atoms with Gasteiger partial charge in [-0.15, -0.1) is 0 Å². The molecule has 31 heavy (non-hydrogen) atoms. The van der Waals surface area contributed by atoms with Crippen LogP contribution in [0.1, 0.15) is 23.0 Å². The third kappa shape index (κ3) is 3.59. The molecule has 0 saturated carbocycles. The smallest absolute Gasteiger partial charge is 0.295 e. The van der Waals surface area contributed by atoms with Gasteiger partial charge in [0.2, 0.25) is 0 Å². The Balaban J connectivity index is 1.93. The molecule has 1 aliphatic rings. The highest BCUT2D eigenvalue weighted by molar-refractivity contribution is 6.46. The standard InChI is InChI=1S/C23H23FN4O3/c1-14-19(27-10-5-4-9-17(27)25-14)21(29)18-20(15-7-6-8-16(24)13-15)28(12-11-26(2)3)23(31)22(18)30/h4-10,13,20,29H,11-12H2,1-3H3/t20-/m1/s1. The molecule has 3 aromatic rings. The molecule has 1 atom stereocenters. The number of aliphatic hydroxyl groups is 1. The van der Waals surface area contributed by atoms with Gasteiger partial charge in [-0.2, -0.15) is 0 Å². The predicted octanol–water partition coefficient (Wildman–Crippen LogP) is 2.77. The van der Waals surface area contributed by atoms with Crippen LogP contribution in [0.15, 0.2) is 54.2 Å². The van der Waals surface area contributed by atoms with Crippen LogP contribution in [0.2, 0.25) is 0 Å². The Hall–Kier alpha value is -3.52. The van der Waals surface area contributed by atoms with Crippen LogP contribution >= 0.6 is 0 Å². The molecule has 0 aliphatic carbocycles. The van der Waals surface area contributed by atoms with Crippen LogP contribution in [0.4, 0.5) is 4.39 Å². The number of hydrogen-bond donors (Lipinski definition) is 1. The normalized spacial score (nSPS) is 18.5. The Morgan fingerprint density at radius 1 is 1.19 bits per heavy atom. The summed E-state index contributed by atoms with van der Waals surface area (Å²) in [7, 11) is 3.71. The third-order valence-corrected chi connectivity index (χ3v) is 5.42. The highest BCUT2D eigenvalue weighted by Gasteiger charge is 2.46. The van der Waals surface area contributed by atoms with Gasteiger partial charge in [0.15, 0.2) is 5.76 Å². The highest BCUT2D eigenvalue weighted by Crippen LogP contribution is 2.40. The van der Waals surface area contributed by atoms with E-state index in [-0.39, 0.29) is 17.9 Å². The summed E-state index contributed by atoms with van der Waals surface area (Å²) in [6.07, 6.45) is 1.73. The van der Waals surface area contributed by atoms with Crippen molar-refractivity contribution in [2.45, 2.75) is 13.0 Å². The number of benzene rings is 1. The van der Waals surface area contributed by atoms with Crippen molar-refractivity contribution in [3.63, 3.8) is 0 Å². The van der Waals surface area contributed by atoms with Crippen molar-refractivity contribution in [3.8, 4) is 0 Å². The van der Waals surface area contributed by atoms with E-state index < -0.39 is 23.5 Å². The van der Waals surface area contributed by atoms with Gasteiger partial charge in [-0.3, -0.25) is 14.0 Å². The molecule has 1 aliphatic heterocycles. The molecule has 0 radical (unpaired) electrons. The number of halogens is 1. The number of likely N-dealkylation sites (tertiary alicyclic amines) is 1. The number of aliphatic hydroxyl groups excluding tert-OH is 1. The summed E-state index contributed by atoms with van der Waals surface area (Å²) in [4.78, 5) is 33.7. The second-order valence-electron chi connectivity index (χ2n) is 7.83. The van der Waals surface area contributed by atoms with E-state index in [1.165, 1.54) is 23.1 Å². The molecule has 160 valence electrons. The number of fused-ring (bicyclic) bond motifs is 1. The van der Waals surface area contributed by atoms with Crippen LogP contribution in [-0.4, -0.2) is 63.2 Å². The molecule has 8 heteroatoms. The first-order valence-corrected chi connectivity index (χ1v) is 9.92. The summed E-state index contributed by atoms with van der Waals surface area (Å²) in [6.45, 7) is 2.48. The maximum Gasteiger partial charge on any atom is 0.295 e. The average Bonchev–Trinajstić information content (AvgIpc) is 3.19. The summed E-state index contributed by atoms with van der Waals surface area (Å²) < 4.78 is 15.7. The van der Waals surface area contributed by atoms with E-state index in [9.17, 15) is 19.1 Å². The molecular formula is C23H23FN4O3. The van der Waals surface area contributed by atoms with E-state index in [2.05, 4.69) is 4.98 Å². The number of carbonyl (C=O) groups is 2. The molecule has 1 amide bonds. The molecule has 1 N–H and O–H groups in total. The number of Topliss-reactive ketones (excluding diaryl/α,β-unsaturated/α-hetero) is 1.